The fourth-order valence-corrected chi connectivity index (χ4v) is 10.4. The molecule has 2 heterocycles. The molecule has 3 heteroatoms. The molecule has 0 atom stereocenters. The summed E-state index contributed by atoms with van der Waals surface area (Å²) >= 11 is 0. The molecule has 0 radical (unpaired) electrons. The van der Waals surface area contributed by atoms with E-state index in [0.717, 1.165) is 78.1 Å². The van der Waals surface area contributed by atoms with Crippen molar-refractivity contribution in [1.29, 1.82) is 0 Å². The number of para-hydroxylation sites is 5. The fourth-order valence-electron chi connectivity index (χ4n) is 10.4. The van der Waals surface area contributed by atoms with E-state index in [9.17, 15) is 0 Å². The first-order chi connectivity index (χ1) is 34.2. The van der Waals surface area contributed by atoms with Gasteiger partial charge in [-0.3, -0.25) is 0 Å². The van der Waals surface area contributed by atoms with Crippen molar-refractivity contribution in [2.24, 2.45) is 0 Å². The van der Waals surface area contributed by atoms with Crippen molar-refractivity contribution in [2.75, 3.05) is 4.90 Å². The standard InChI is InChI=1S/C66H44N2O/c1-2-17-45(18-3-1)46-35-37-48(38-36-46)54-23-4-9-29-60(54)67(63-32-12-7-26-57(63)58-28-16-34-65-66(58)59-27-8-13-33-64(59)69-65)52-41-39-47(40-42-52)49-19-14-20-50(43-49)51-21-15-22-53(44-51)68-61-30-10-5-24-55(61)56-25-6-11-31-62(56)68/h1-44H. The quantitative estimate of drug-likeness (QED) is 0.144. The number of hydrogen-bond acceptors (Lipinski definition) is 2. The number of furan rings is 1. The van der Waals surface area contributed by atoms with Crippen molar-refractivity contribution in [1.82, 2.24) is 4.57 Å². The molecule has 0 aliphatic carbocycles. The van der Waals surface area contributed by atoms with Crippen LogP contribution in [-0.2, 0) is 0 Å². The van der Waals surface area contributed by atoms with Gasteiger partial charge in [-0.05, 0) is 111 Å². The minimum atomic E-state index is 0.874. The van der Waals surface area contributed by atoms with Crippen LogP contribution in [0.3, 0.4) is 0 Å². The van der Waals surface area contributed by atoms with Gasteiger partial charge in [0.15, 0.2) is 0 Å². The third-order valence-electron chi connectivity index (χ3n) is 13.6. The third kappa shape index (κ3) is 7.08. The van der Waals surface area contributed by atoms with Crippen molar-refractivity contribution >= 4 is 60.8 Å². The average Bonchev–Trinajstić information content (AvgIpc) is 3.98. The molecule has 0 unspecified atom stereocenters. The summed E-state index contributed by atoms with van der Waals surface area (Å²) in [7, 11) is 0. The number of nitrogens with zero attached hydrogens (tertiary/aromatic N) is 2. The summed E-state index contributed by atoms with van der Waals surface area (Å²) in [5.74, 6) is 0. The summed E-state index contributed by atoms with van der Waals surface area (Å²) in [6.45, 7) is 0. The summed E-state index contributed by atoms with van der Waals surface area (Å²) in [4.78, 5) is 2.43. The van der Waals surface area contributed by atoms with Crippen LogP contribution in [0.5, 0.6) is 0 Å². The molecule has 11 aromatic carbocycles. The molecular formula is C66H44N2O. The van der Waals surface area contributed by atoms with E-state index < -0.39 is 0 Å². The molecule has 0 amide bonds. The largest absolute Gasteiger partial charge is 0.456 e. The Labute approximate surface area is 401 Å². The smallest absolute Gasteiger partial charge is 0.136 e. The van der Waals surface area contributed by atoms with Crippen LogP contribution in [0, 0.1) is 0 Å². The summed E-state index contributed by atoms with van der Waals surface area (Å²) in [6, 6.07) is 96.1. The highest BCUT2D eigenvalue weighted by molar-refractivity contribution is 6.14. The van der Waals surface area contributed by atoms with Gasteiger partial charge in [-0.25, -0.2) is 0 Å². The number of rotatable bonds is 9. The number of anilines is 3. The van der Waals surface area contributed by atoms with Gasteiger partial charge in [0.1, 0.15) is 11.2 Å². The molecule has 13 aromatic rings. The molecule has 0 aliphatic heterocycles. The molecule has 69 heavy (non-hydrogen) atoms. The lowest BCUT2D eigenvalue weighted by Gasteiger charge is -2.30. The van der Waals surface area contributed by atoms with E-state index in [-0.39, 0.29) is 0 Å². The first kappa shape index (κ1) is 40.1. The first-order valence-electron chi connectivity index (χ1n) is 23.6. The first-order valence-corrected chi connectivity index (χ1v) is 23.6. The molecule has 13 rings (SSSR count). The van der Waals surface area contributed by atoms with Gasteiger partial charge in [-0.15, -0.1) is 0 Å². The lowest BCUT2D eigenvalue weighted by atomic mass is 9.95. The average molecular weight is 881 g/mol. The van der Waals surface area contributed by atoms with Gasteiger partial charge in [0.25, 0.3) is 0 Å². The van der Waals surface area contributed by atoms with Crippen molar-refractivity contribution in [3.05, 3.63) is 267 Å². The molecule has 0 bridgehead atoms. The Morgan fingerprint density at radius 2 is 0.754 bits per heavy atom. The Balaban J connectivity index is 0.920. The van der Waals surface area contributed by atoms with Gasteiger partial charge >= 0.3 is 0 Å². The summed E-state index contributed by atoms with van der Waals surface area (Å²) < 4.78 is 8.82. The minimum absolute atomic E-state index is 0.874. The molecule has 2 aromatic heterocycles. The monoisotopic (exact) mass is 880 g/mol. The highest BCUT2D eigenvalue weighted by atomic mass is 16.3. The van der Waals surface area contributed by atoms with Gasteiger partial charge in [-0.1, -0.05) is 200 Å². The molecule has 0 saturated carbocycles. The summed E-state index contributed by atoms with van der Waals surface area (Å²) in [5.41, 5.74) is 20.1. The third-order valence-corrected chi connectivity index (χ3v) is 13.6. The van der Waals surface area contributed by atoms with E-state index in [4.69, 9.17) is 4.42 Å². The van der Waals surface area contributed by atoms with Crippen LogP contribution < -0.4 is 4.90 Å². The summed E-state index contributed by atoms with van der Waals surface area (Å²) in [5, 5.41) is 4.74. The van der Waals surface area contributed by atoms with Crippen LogP contribution in [0.4, 0.5) is 17.1 Å². The van der Waals surface area contributed by atoms with Crippen LogP contribution >= 0.6 is 0 Å². The van der Waals surface area contributed by atoms with E-state index in [1.54, 1.807) is 0 Å². The SMILES string of the molecule is c1ccc(-c2ccc(-c3ccccc3N(c3ccc(-c4cccc(-c5cccc(-n6c7ccccc7c7ccccc76)c5)c4)cc3)c3ccccc3-c3cccc4oc5ccccc5c34)cc2)cc1. The zero-order chi connectivity index (χ0) is 45.7. The Hall–Kier alpha value is -9.18. The zero-order valence-corrected chi connectivity index (χ0v) is 37.7. The Bertz CT molecular complexity index is 3960. The zero-order valence-electron chi connectivity index (χ0n) is 37.7. The van der Waals surface area contributed by atoms with Gasteiger partial charge < -0.3 is 13.9 Å². The van der Waals surface area contributed by atoms with E-state index in [2.05, 4.69) is 270 Å². The number of fused-ring (bicyclic) bond motifs is 6. The topological polar surface area (TPSA) is 21.3 Å². The second kappa shape index (κ2) is 16.9. The van der Waals surface area contributed by atoms with Crippen molar-refractivity contribution < 1.29 is 4.42 Å². The van der Waals surface area contributed by atoms with Crippen LogP contribution in [0.25, 0.3) is 105 Å². The van der Waals surface area contributed by atoms with Crippen LogP contribution in [0.15, 0.2) is 271 Å². The highest BCUT2D eigenvalue weighted by Gasteiger charge is 2.23. The second-order valence-corrected chi connectivity index (χ2v) is 17.6. The van der Waals surface area contributed by atoms with E-state index in [1.165, 1.54) is 44.1 Å². The predicted octanol–water partition coefficient (Wildman–Crippen LogP) is 18.5. The number of hydrogen-bond donors (Lipinski definition) is 0. The molecule has 0 spiro atoms. The molecule has 324 valence electrons. The molecule has 0 aliphatic rings. The van der Waals surface area contributed by atoms with Crippen LogP contribution in [0.1, 0.15) is 0 Å². The maximum atomic E-state index is 6.43. The fraction of sp³-hybridized carbons (Fsp3) is 0. The highest BCUT2D eigenvalue weighted by Crippen LogP contribution is 2.47. The lowest BCUT2D eigenvalue weighted by Crippen LogP contribution is -2.12. The van der Waals surface area contributed by atoms with Crippen molar-refractivity contribution in [2.45, 2.75) is 0 Å². The maximum absolute atomic E-state index is 6.43. The minimum Gasteiger partial charge on any atom is -0.456 e. The van der Waals surface area contributed by atoms with Crippen molar-refractivity contribution in [3.63, 3.8) is 0 Å². The molecule has 3 nitrogen and oxygen atoms in total. The van der Waals surface area contributed by atoms with Gasteiger partial charge in [-0.2, -0.15) is 0 Å². The predicted molar refractivity (Wildman–Crippen MR) is 290 cm³/mol. The van der Waals surface area contributed by atoms with Crippen LogP contribution in [0.2, 0.25) is 0 Å². The maximum Gasteiger partial charge on any atom is 0.136 e. The molecule has 0 fully saturated rings. The van der Waals surface area contributed by atoms with Gasteiger partial charge in [0, 0.05) is 44.0 Å². The van der Waals surface area contributed by atoms with E-state index in [1.807, 2.05) is 6.07 Å². The van der Waals surface area contributed by atoms with Crippen molar-refractivity contribution in [3.8, 4) is 61.3 Å². The number of benzene rings is 11. The number of aromatic nitrogens is 1. The Morgan fingerprint density at radius 3 is 1.49 bits per heavy atom. The Kier molecular flexibility index (Phi) is 9.84. The summed E-state index contributed by atoms with van der Waals surface area (Å²) in [6.07, 6.45) is 0. The van der Waals surface area contributed by atoms with Gasteiger partial charge in [0.05, 0.1) is 22.4 Å². The molecule has 0 N–H and O–H groups in total. The lowest BCUT2D eigenvalue weighted by molar-refractivity contribution is 0.669. The van der Waals surface area contributed by atoms with Crippen LogP contribution in [-0.4, -0.2) is 4.57 Å². The molecule has 0 saturated heterocycles. The van der Waals surface area contributed by atoms with E-state index >= 15 is 0 Å². The second-order valence-electron chi connectivity index (χ2n) is 17.6. The normalized spacial score (nSPS) is 11.5. The van der Waals surface area contributed by atoms with E-state index in [0.29, 0.717) is 0 Å². The Morgan fingerprint density at radius 1 is 0.290 bits per heavy atom. The molecular weight excluding hydrogens is 837 g/mol. The van der Waals surface area contributed by atoms with Gasteiger partial charge in [0.2, 0.25) is 0 Å².